The summed E-state index contributed by atoms with van der Waals surface area (Å²) in [5, 5.41) is 33.4. The summed E-state index contributed by atoms with van der Waals surface area (Å²) >= 11 is 1.58. The van der Waals surface area contributed by atoms with Crippen molar-refractivity contribution in [2.24, 2.45) is 5.73 Å². The first-order valence-corrected chi connectivity index (χ1v) is 11.7. The number of fused-ring (bicyclic) bond motifs is 1. The SMILES string of the molecule is CCCSc1nc(NC2CC2c2ccccc2)c2nnn([C@@H]3C[C@H](N)[C@@H](O)[C@H]3O)c2n1. The Kier molecular flexibility index (Phi) is 5.55. The maximum Gasteiger partial charge on any atom is 0.191 e. The molecule has 0 spiro atoms. The van der Waals surface area contributed by atoms with Gasteiger partial charge in [0.25, 0.3) is 0 Å². The summed E-state index contributed by atoms with van der Waals surface area (Å²) in [5.41, 5.74) is 8.40. The molecule has 2 aliphatic carbocycles. The van der Waals surface area contributed by atoms with Crippen LogP contribution in [0.5, 0.6) is 0 Å². The van der Waals surface area contributed by atoms with Crippen molar-refractivity contribution in [3.05, 3.63) is 35.9 Å². The quantitative estimate of drug-likeness (QED) is 0.319. The standard InChI is InChI=1S/C21H27N7O2S/c1-2-8-31-21-24-19(23-14-9-12(14)11-6-4-3-5-7-11)16-20(25-21)28(27-26-16)15-10-13(22)17(29)18(15)30/h3-7,12-15,17-18,29-30H,2,8-10,22H2,1H3,(H,23,24,25)/t12?,13-,14?,15+,17+,18-/m0/s1. The summed E-state index contributed by atoms with van der Waals surface area (Å²) in [4.78, 5) is 9.41. The number of aromatic nitrogens is 5. The maximum atomic E-state index is 10.5. The van der Waals surface area contributed by atoms with Gasteiger partial charge in [0.05, 0.1) is 12.1 Å². The van der Waals surface area contributed by atoms with Crippen molar-refractivity contribution in [3.8, 4) is 0 Å². The van der Waals surface area contributed by atoms with Crippen molar-refractivity contribution >= 4 is 28.7 Å². The van der Waals surface area contributed by atoms with Crippen molar-refractivity contribution in [2.75, 3.05) is 11.1 Å². The van der Waals surface area contributed by atoms with Crippen LogP contribution in [0.3, 0.4) is 0 Å². The van der Waals surface area contributed by atoms with E-state index < -0.39 is 24.3 Å². The van der Waals surface area contributed by atoms with Gasteiger partial charge in [-0.15, -0.1) is 5.10 Å². The van der Waals surface area contributed by atoms with E-state index in [1.165, 1.54) is 5.56 Å². The maximum absolute atomic E-state index is 10.5. The van der Waals surface area contributed by atoms with Gasteiger partial charge >= 0.3 is 0 Å². The third-order valence-corrected chi connectivity index (χ3v) is 7.14. The Labute approximate surface area is 184 Å². The summed E-state index contributed by atoms with van der Waals surface area (Å²) in [6.07, 6.45) is 0.445. The summed E-state index contributed by atoms with van der Waals surface area (Å²) < 4.78 is 1.60. The number of nitrogens with two attached hydrogens (primary N) is 1. The number of hydrogen-bond donors (Lipinski definition) is 4. The average Bonchev–Trinajstić information content (AvgIpc) is 3.35. The lowest BCUT2D eigenvalue weighted by Crippen LogP contribution is -2.36. The molecule has 6 atom stereocenters. The highest BCUT2D eigenvalue weighted by molar-refractivity contribution is 7.99. The average molecular weight is 442 g/mol. The van der Waals surface area contributed by atoms with Crippen LogP contribution in [0.15, 0.2) is 35.5 Å². The number of benzene rings is 1. The van der Waals surface area contributed by atoms with Gasteiger partial charge in [0.2, 0.25) is 0 Å². The first-order valence-electron chi connectivity index (χ1n) is 10.8. The van der Waals surface area contributed by atoms with E-state index in [4.69, 9.17) is 10.7 Å². The van der Waals surface area contributed by atoms with E-state index in [0.717, 1.165) is 18.6 Å². The Hall–Kier alpha value is -2.27. The first-order chi connectivity index (χ1) is 15.1. The largest absolute Gasteiger partial charge is 0.389 e. The molecule has 0 saturated heterocycles. The molecule has 0 amide bonds. The second-order valence-corrected chi connectivity index (χ2v) is 9.42. The number of rotatable bonds is 7. The Balaban J connectivity index is 1.47. The second-order valence-electron chi connectivity index (χ2n) is 8.36. The summed E-state index contributed by atoms with van der Waals surface area (Å²) in [5.74, 6) is 2.01. The molecule has 31 heavy (non-hydrogen) atoms. The molecule has 2 aliphatic rings. The van der Waals surface area contributed by atoms with Crippen LogP contribution in [0, 0.1) is 0 Å². The molecule has 9 nitrogen and oxygen atoms in total. The fourth-order valence-electron chi connectivity index (χ4n) is 4.27. The van der Waals surface area contributed by atoms with Crippen LogP contribution < -0.4 is 11.1 Å². The van der Waals surface area contributed by atoms with Crippen LogP contribution in [0.1, 0.15) is 43.7 Å². The Morgan fingerprint density at radius 2 is 1.97 bits per heavy atom. The number of thioether (sulfide) groups is 1. The zero-order valence-corrected chi connectivity index (χ0v) is 18.1. The van der Waals surface area contributed by atoms with Crippen LogP contribution in [0.2, 0.25) is 0 Å². The van der Waals surface area contributed by atoms with Crippen molar-refractivity contribution in [1.82, 2.24) is 25.0 Å². The summed E-state index contributed by atoms with van der Waals surface area (Å²) in [6.45, 7) is 2.11. The van der Waals surface area contributed by atoms with Gasteiger partial charge in [-0.05, 0) is 24.8 Å². The molecular weight excluding hydrogens is 414 g/mol. The van der Waals surface area contributed by atoms with Gasteiger partial charge in [0.15, 0.2) is 22.1 Å². The topological polar surface area (TPSA) is 135 Å². The zero-order chi connectivity index (χ0) is 21.5. The second kappa shape index (κ2) is 8.34. The monoisotopic (exact) mass is 441 g/mol. The number of aliphatic hydroxyl groups is 2. The Morgan fingerprint density at radius 3 is 2.68 bits per heavy atom. The van der Waals surface area contributed by atoms with Gasteiger partial charge in [-0.2, -0.15) is 0 Å². The van der Waals surface area contributed by atoms with Crippen LogP contribution in [-0.2, 0) is 0 Å². The minimum Gasteiger partial charge on any atom is -0.389 e. The van der Waals surface area contributed by atoms with Gasteiger partial charge in [-0.1, -0.05) is 54.2 Å². The molecule has 1 aromatic carbocycles. The van der Waals surface area contributed by atoms with E-state index in [9.17, 15) is 10.2 Å². The Bertz CT molecular complexity index is 1060. The lowest BCUT2D eigenvalue weighted by atomic mass is 10.1. The highest BCUT2D eigenvalue weighted by atomic mass is 32.2. The molecule has 3 aromatic rings. The molecule has 2 fully saturated rings. The van der Waals surface area contributed by atoms with Crippen LogP contribution >= 0.6 is 11.8 Å². The van der Waals surface area contributed by atoms with Crippen molar-refractivity contribution in [1.29, 1.82) is 0 Å². The highest BCUT2D eigenvalue weighted by Crippen LogP contribution is 2.43. The van der Waals surface area contributed by atoms with Gasteiger partial charge in [0, 0.05) is 23.8 Å². The number of anilines is 1. The number of aliphatic hydroxyl groups excluding tert-OH is 2. The number of nitrogens with zero attached hydrogens (tertiary/aromatic N) is 5. The van der Waals surface area contributed by atoms with Gasteiger partial charge in [0.1, 0.15) is 6.10 Å². The van der Waals surface area contributed by atoms with Crippen molar-refractivity contribution in [2.45, 2.75) is 67.6 Å². The lowest BCUT2D eigenvalue weighted by molar-refractivity contribution is 0.0163. The Morgan fingerprint density at radius 1 is 1.16 bits per heavy atom. The smallest absolute Gasteiger partial charge is 0.191 e. The molecule has 0 bridgehead atoms. The molecule has 2 saturated carbocycles. The normalized spacial score (nSPS) is 30.1. The van der Waals surface area contributed by atoms with Gasteiger partial charge < -0.3 is 21.3 Å². The van der Waals surface area contributed by atoms with Crippen molar-refractivity contribution < 1.29 is 10.2 Å². The van der Waals surface area contributed by atoms with E-state index in [-0.39, 0.29) is 6.04 Å². The molecule has 164 valence electrons. The van der Waals surface area contributed by atoms with Crippen LogP contribution in [0.4, 0.5) is 5.82 Å². The van der Waals surface area contributed by atoms with E-state index in [2.05, 4.69) is 51.8 Å². The van der Waals surface area contributed by atoms with Gasteiger partial charge in [-0.25, -0.2) is 14.6 Å². The molecule has 0 radical (unpaired) electrons. The van der Waals surface area contributed by atoms with Crippen LogP contribution in [0.25, 0.3) is 11.2 Å². The van der Waals surface area contributed by atoms with Gasteiger partial charge in [-0.3, -0.25) is 0 Å². The molecular formula is C21H27N7O2S. The molecule has 2 heterocycles. The molecule has 2 unspecified atom stereocenters. The first kappa shape index (κ1) is 20.6. The fraction of sp³-hybridized carbons (Fsp3) is 0.524. The van der Waals surface area contributed by atoms with E-state index in [1.54, 1.807) is 16.4 Å². The molecule has 5 N–H and O–H groups in total. The van der Waals surface area contributed by atoms with E-state index >= 15 is 0 Å². The zero-order valence-electron chi connectivity index (χ0n) is 17.3. The molecule has 10 heteroatoms. The lowest BCUT2D eigenvalue weighted by Gasteiger charge is -2.16. The summed E-state index contributed by atoms with van der Waals surface area (Å²) in [7, 11) is 0. The van der Waals surface area contributed by atoms with E-state index in [0.29, 0.717) is 34.5 Å². The van der Waals surface area contributed by atoms with Crippen LogP contribution in [-0.4, -0.2) is 65.2 Å². The van der Waals surface area contributed by atoms with Crippen molar-refractivity contribution in [3.63, 3.8) is 0 Å². The predicted octanol–water partition coefficient (Wildman–Crippen LogP) is 1.69. The predicted molar refractivity (Wildman–Crippen MR) is 119 cm³/mol. The van der Waals surface area contributed by atoms with E-state index in [1.807, 2.05) is 6.07 Å². The summed E-state index contributed by atoms with van der Waals surface area (Å²) in [6, 6.07) is 9.74. The minimum atomic E-state index is -1.01. The number of nitrogens with one attached hydrogen (secondary N) is 1. The minimum absolute atomic E-state index is 0.280. The third kappa shape index (κ3) is 3.89. The number of hydrogen-bond acceptors (Lipinski definition) is 9. The molecule has 5 rings (SSSR count). The third-order valence-electron chi connectivity index (χ3n) is 6.09. The molecule has 2 aromatic heterocycles. The molecule has 0 aliphatic heterocycles. The highest BCUT2D eigenvalue weighted by Gasteiger charge is 2.43. The fourth-order valence-corrected chi connectivity index (χ4v) is 4.97.